The van der Waals surface area contributed by atoms with Crippen LogP contribution in [0.3, 0.4) is 0 Å². The average Bonchev–Trinajstić information content (AvgIpc) is 1.96. The number of rotatable bonds is 7. The van der Waals surface area contributed by atoms with Gasteiger partial charge in [0.2, 0.25) is 0 Å². The second-order valence-electron chi connectivity index (χ2n) is 3.30. The first-order chi connectivity index (χ1) is 5.27. The average molecular weight is 204 g/mol. The van der Waals surface area contributed by atoms with Crippen LogP contribution in [0.25, 0.3) is 0 Å². The third kappa shape index (κ3) is 10.9. The molecule has 0 fully saturated rings. The molecule has 0 heterocycles. The monoisotopic (exact) mass is 204 g/mol. The first kappa shape index (κ1) is 11.9. The van der Waals surface area contributed by atoms with E-state index in [4.69, 9.17) is 0 Å². The Morgan fingerprint density at radius 2 is 1.55 bits per heavy atom. The Kier molecular flexibility index (Phi) is 9.79. The quantitative estimate of drug-likeness (QED) is 0.439. The van der Waals surface area contributed by atoms with Crippen molar-refractivity contribution < 1.29 is 19.2 Å². The molecule has 0 radical (unpaired) electrons. The van der Waals surface area contributed by atoms with Crippen molar-refractivity contribution in [3.8, 4) is 0 Å². The van der Waals surface area contributed by atoms with E-state index in [9.17, 15) is 0 Å². The van der Waals surface area contributed by atoms with Crippen LogP contribution >= 0.6 is 0 Å². The second kappa shape index (κ2) is 9.02. The Morgan fingerprint density at radius 1 is 1.00 bits per heavy atom. The molecule has 11 heavy (non-hydrogen) atoms. The Hall–Kier alpha value is 0.931. The molecule has 0 saturated heterocycles. The molecule has 0 bridgehead atoms. The molecule has 0 amide bonds. The molecule has 0 N–H and O–H groups in total. The maximum atomic E-state index is 2.41. The Bertz CT molecular complexity index is 102. The third-order valence-electron chi connectivity index (χ3n) is 1.91. The van der Waals surface area contributed by atoms with E-state index in [1.54, 1.807) is 0 Å². The summed E-state index contributed by atoms with van der Waals surface area (Å²) < 4.78 is 0. The molecule has 0 rings (SSSR count). The van der Waals surface area contributed by atoms with E-state index < -0.39 is 0 Å². The second-order valence-corrected chi connectivity index (χ2v) is 9.36. The third-order valence-corrected chi connectivity index (χ3v) is 4.18. The van der Waals surface area contributed by atoms with Gasteiger partial charge in [0.25, 0.3) is 0 Å². The van der Waals surface area contributed by atoms with Gasteiger partial charge in [0.15, 0.2) is 0 Å². The summed E-state index contributed by atoms with van der Waals surface area (Å²) in [5, 5.41) is 0. The van der Waals surface area contributed by atoms with Crippen LogP contribution in [0.5, 0.6) is 0 Å². The standard InChI is InChI=1S/C9H20Si.Ti/c1-3-4-5-6-7-8-9-10-2;/h3-9H2,1-2H3;/q;+2. The predicted molar refractivity (Wildman–Crippen MR) is 49.8 cm³/mol. The summed E-state index contributed by atoms with van der Waals surface area (Å²) in [6, 6.07) is 1.52. The van der Waals surface area contributed by atoms with Crippen LogP contribution in [0.15, 0.2) is 0 Å². The van der Waals surface area contributed by atoms with Gasteiger partial charge in [-0.1, -0.05) is 0 Å². The van der Waals surface area contributed by atoms with E-state index in [1.165, 1.54) is 44.6 Å². The van der Waals surface area contributed by atoms with Crippen molar-refractivity contribution in [1.29, 1.82) is 0 Å². The summed E-state index contributed by atoms with van der Waals surface area (Å²) in [4.78, 5) is 0. The van der Waals surface area contributed by atoms with Crippen LogP contribution in [0.1, 0.15) is 45.4 Å². The van der Waals surface area contributed by atoms with Crippen LogP contribution in [-0.4, -0.2) is 6.19 Å². The molecule has 0 aliphatic heterocycles. The fourth-order valence-corrected chi connectivity index (χ4v) is 2.78. The molecule has 0 spiro atoms. The SMILES string of the molecule is CCCCCCCC[Si](C)=[Ti+2]. The molecule has 0 atom stereocenters. The summed E-state index contributed by atoms with van der Waals surface area (Å²) in [5.41, 5.74) is 0. The van der Waals surface area contributed by atoms with E-state index >= 15 is 0 Å². The van der Waals surface area contributed by atoms with Gasteiger partial charge in [-0.2, -0.15) is 0 Å². The summed E-state index contributed by atoms with van der Waals surface area (Å²) in [6.07, 6.45) is 8.80. The van der Waals surface area contributed by atoms with Crippen LogP contribution in [0.2, 0.25) is 12.6 Å². The molecule has 0 aliphatic rings. The van der Waals surface area contributed by atoms with Gasteiger partial charge in [0.1, 0.15) is 0 Å². The predicted octanol–water partition coefficient (Wildman–Crippen LogP) is 3.52. The van der Waals surface area contributed by atoms with Gasteiger partial charge in [0, 0.05) is 0 Å². The fourth-order valence-electron chi connectivity index (χ4n) is 1.17. The first-order valence-electron chi connectivity index (χ1n) is 4.81. The summed E-state index contributed by atoms with van der Waals surface area (Å²) >= 11 is 2.41. The molecular formula is C9H20SiTi+2. The van der Waals surface area contributed by atoms with Crippen molar-refractivity contribution in [2.75, 3.05) is 0 Å². The zero-order valence-corrected chi connectivity index (χ0v) is 10.5. The van der Waals surface area contributed by atoms with Crippen molar-refractivity contribution in [3.63, 3.8) is 0 Å². The summed E-state index contributed by atoms with van der Waals surface area (Å²) in [6.45, 7) is 4.69. The van der Waals surface area contributed by atoms with Crippen LogP contribution < -0.4 is 0 Å². The minimum absolute atomic E-state index is 0.0728. The van der Waals surface area contributed by atoms with Gasteiger partial charge in [0.05, 0.1) is 0 Å². The van der Waals surface area contributed by atoms with Gasteiger partial charge >= 0.3 is 83.4 Å². The van der Waals surface area contributed by atoms with Gasteiger partial charge in [-0.05, 0) is 0 Å². The van der Waals surface area contributed by atoms with Crippen molar-refractivity contribution >= 4 is 6.19 Å². The molecule has 0 aromatic carbocycles. The Labute approximate surface area is 83.4 Å². The normalized spacial score (nSPS) is 10.2. The van der Waals surface area contributed by atoms with Gasteiger partial charge < -0.3 is 0 Å². The topological polar surface area (TPSA) is 0 Å². The maximum absolute atomic E-state index is 2.41. The summed E-state index contributed by atoms with van der Waals surface area (Å²) in [7, 11) is 0. The molecule has 0 nitrogen and oxygen atoms in total. The molecule has 0 unspecified atom stereocenters. The van der Waals surface area contributed by atoms with E-state index in [0.29, 0.717) is 0 Å². The molecule has 2 heteroatoms. The molecule has 0 aliphatic carbocycles. The van der Waals surface area contributed by atoms with Crippen LogP contribution in [-0.2, 0) is 19.2 Å². The van der Waals surface area contributed by atoms with Crippen molar-refractivity contribution in [3.05, 3.63) is 0 Å². The van der Waals surface area contributed by atoms with Crippen LogP contribution in [0, 0.1) is 0 Å². The zero-order chi connectivity index (χ0) is 8.53. The molecule has 0 saturated carbocycles. The molecule has 62 valence electrons. The van der Waals surface area contributed by atoms with E-state index in [-0.39, 0.29) is 6.19 Å². The van der Waals surface area contributed by atoms with Crippen molar-refractivity contribution in [1.82, 2.24) is 0 Å². The van der Waals surface area contributed by atoms with Gasteiger partial charge in [-0.3, -0.25) is 0 Å². The van der Waals surface area contributed by atoms with Crippen LogP contribution in [0.4, 0.5) is 0 Å². The van der Waals surface area contributed by atoms with E-state index in [2.05, 4.69) is 32.6 Å². The fraction of sp³-hybridized carbons (Fsp3) is 1.00. The molecular weight excluding hydrogens is 184 g/mol. The Morgan fingerprint density at radius 3 is 2.09 bits per heavy atom. The number of hydrogen-bond donors (Lipinski definition) is 0. The molecule has 0 aromatic rings. The zero-order valence-electron chi connectivity index (χ0n) is 7.95. The number of unbranched alkanes of at least 4 members (excludes halogenated alkanes) is 5. The van der Waals surface area contributed by atoms with E-state index in [0.717, 1.165) is 0 Å². The number of hydrogen-bond acceptors (Lipinski definition) is 0. The first-order valence-corrected chi connectivity index (χ1v) is 9.36. The van der Waals surface area contributed by atoms with Crippen molar-refractivity contribution in [2.45, 2.75) is 58.0 Å². The molecule has 0 aromatic heterocycles. The van der Waals surface area contributed by atoms with Gasteiger partial charge in [-0.25, -0.2) is 0 Å². The van der Waals surface area contributed by atoms with Gasteiger partial charge in [-0.15, -0.1) is 0 Å². The summed E-state index contributed by atoms with van der Waals surface area (Å²) in [5.74, 6) is 0. The van der Waals surface area contributed by atoms with E-state index in [1.807, 2.05) is 0 Å². The van der Waals surface area contributed by atoms with Crippen molar-refractivity contribution in [2.24, 2.45) is 0 Å². The minimum atomic E-state index is 0.0728. The Balaban J connectivity index is 2.85.